The molecule has 1 fully saturated rings. The lowest BCUT2D eigenvalue weighted by Crippen LogP contribution is -2.43. The molecule has 0 atom stereocenters. The molecule has 1 N–H and O–H groups in total. The van der Waals surface area contributed by atoms with Gasteiger partial charge in [-0.15, -0.1) is 0 Å². The Morgan fingerprint density at radius 2 is 1.75 bits per heavy atom. The molecule has 1 aliphatic heterocycles. The van der Waals surface area contributed by atoms with E-state index in [4.69, 9.17) is 16.3 Å². The minimum Gasteiger partial charge on any atom is -0.484 e. The predicted molar refractivity (Wildman–Crippen MR) is 113 cm³/mol. The lowest BCUT2D eigenvalue weighted by Gasteiger charge is -2.32. The second-order valence-electron chi connectivity index (χ2n) is 7.37. The fourth-order valence-electron chi connectivity index (χ4n) is 3.13. The Morgan fingerprint density at radius 1 is 1.07 bits per heavy atom. The third kappa shape index (κ3) is 6.23. The number of halogens is 1. The van der Waals surface area contributed by atoms with Crippen molar-refractivity contribution >= 4 is 17.5 Å². The molecular formula is C22H28ClN3O2. The summed E-state index contributed by atoms with van der Waals surface area (Å²) in [7, 11) is 2.17. The molecule has 0 radical (unpaired) electrons. The van der Waals surface area contributed by atoms with E-state index in [0.717, 1.165) is 43.9 Å². The second-order valence-corrected chi connectivity index (χ2v) is 7.78. The van der Waals surface area contributed by atoms with Crippen LogP contribution in [0.25, 0.3) is 0 Å². The number of nitrogens with one attached hydrogen (secondary N) is 1. The van der Waals surface area contributed by atoms with Crippen LogP contribution in [0.3, 0.4) is 0 Å². The summed E-state index contributed by atoms with van der Waals surface area (Å²) in [6.45, 7) is 7.85. The number of hydrogen-bond donors (Lipinski definition) is 1. The Kier molecular flexibility index (Phi) is 7.31. The number of rotatable bonds is 7. The van der Waals surface area contributed by atoms with Gasteiger partial charge in [-0.2, -0.15) is 0 Å². The quantitative estimate of drug-likeness (QED) is 0.774. The zero-order valence-corrected chi connectivity index (χ0v) is 17.3. The summed E-state index contributed by atoms with van der Waals surface area (Å²) in [6.07, 6.45) is 0. The van der Waals surface area contributed by atoms with Crippen LogP contribution in [0, 0.1) is 6.92 Å². The van der Waals surface area contributed by atoms with Crippen LogP contribution in [0.4, 0.5) is 0 Å². The van der Waals surface area contributed by atoms with Gasteiger partial charge >= 0.3 is 0 Å². The Labute approximate surface area is 172 Å². The first-order valence-electron chi connectivity index (χ1n) is 9.64. The number of carbonyl (C=O) groups is 1. The van der Waals surface area contributed by atoms with Gasteiger partial charge in [0.2, 0.25) is 0 Å². The van der Waals surface area contributed by atoms with E-state index in [0.29, 0.717) is 17.3 Å². The number of benzene rings is 2. The molecule has 1 amide bonds. The Bertz CT molecular complexity index is 787. The minimum absolute atomic E-state index is 0.0113. The summed E-state index contributed by atoms with van der Waals surface area (Å²) in [5.74, 6) is 0.499. The first kappa shape index (κ1) is 20.6. The fraction of sp³-hybridized carbons (Fsp3) is 0.409. The molecule has 6 heteroatoms. The molecule has 0 spiro atoms. The van der Waals surface area contributed by atoms with Crippen molar-refractivity contribution in [3.05, 3.63) is 64.2 Å². The fourth-order valence-corrected chi connectivity index (χ4v) is 3.25. The van der Waals surface area contributed by atoms with Crippen LogP contribution in [0.2, 0.25) is 5.02 Å². The van der Waals surface area contributed by atoms with Gasteiger partial charge in [-0.1, -0.05) is 35.9 Å². The van der Waals surface area contributed by atoms with E-state index in [9.17, 15) is 4.79 Å². The van der Waals surface area contributed by atoms with Crippen molar-refractivity contribution in [2.75, 3.05) is 39.8 Å². The highest BCUT2D eigenvalue weighted by Crippen LogP contribution is 2.20. The number of likely N-dealkylation sites (N-methyl/N-ethyl adjacent to an activating group) is 1. The molecule has 3 rings (SSSR count). The van der Waals surface area contributed by atoms with Crippen molar-refractivity contribution < 1.29 is 9.53 Å². The normalized spacial score (nSPS) is 15.4. The third-order valence-corrected chi connectivity index (χ3v) is 5.44. The van der Waals surface area contributed by atoms with E-state index in [1.165, 1.54) is 5.56 Å². The number of carbonyl (C=O) groups excluding carboxylic acids is 1. The molecule has 1 saturated heterocycles. The maximum Gasteiger partial charge on any atom is 0.258 e. The van der Waals surface area contributed by atoms with Crippen LogP contribution < -0.4 is 10.1 Å². The van der Waals surface area contributed by atoms with Crippen molar-refractivity contribution in [1.29, 1.82) is 0 Å². The Morgan fingerprint density at radius 3 is 2.43 bits per heavy atom. The molecule has 150 valence electrons. The van der Waals surface area contributed by atoms with Crippen LogP contribution in [0.15, 0.2) is 42.5 Å². The average molecular weight is 402 g/mol. The molecular weight excluding hydrogens is 374 g/mol. The van der Waals surface area contributed by atoms with Gasteiger partial charge in [0.1, 0.15) is 5.75 Å². The van der Waals surface area contributed by atoms with Gasteiger partial charge in [-0.3, -0.25) is 9.69 Å². The highest BCUT2D eigenvalue weighted by atomic mass is 35.5. The molecule has 28 heavy (non-hydrogen) atoms. The van der Waals surface area contributed by atoms with Crippen LogP contribution >= 0.6 is 11.6 Å². The minimum atomic E-state index is -0.144. The van der Waals surface area contributed by atoms with E-state index in [1.54, 1.807) is 12.1 Å². The first-order valence-corrected chi connectivity index (χ1v) is 10.0. The summed E-state index contributed by atoms with van der Waals surface area (Å²) >= 11 is 5.99. The second kappa shape index (κ2) is 9.92. The van der Waals surface area contributed by atoms with Gasteiger partial charge < -0.3 is 15.0 Å². The highest BCUT2D eigenvalue weighted by Gasteiger charge is 2.13. The van der Waals surface area contributed by atoms with Gasteiger partial charge in [-0.25, -0.2) is 0 Å². The highest BCUT2D eigenvalue weighted by molar-refractivity contribution is 6.31. The summed E-state index contributed by atoms with van der Waals surface area (Å²) in [4.78, 5) is 16.9. The number of ether oxygens (including phenoxy) is 1. The van der Waals surface area contributed by atoms with E-state index in [2.05, 4.69) is 46.4 Å². The SMILES string of the molecule is Cc1cc(OCC(=O)NCc2ccc(CN3CCN(C)CC3)cc2)ccc1Cl. The molecule has 0 aromatic heterocycles. The van der Waals surface area contributed by atoms with E-state index >= 15 is 0 Å². The van der Waals surface area contributed by atoms with Crippen LogP contribution in [-0.2, 0) is 17.9 Å². The Hall–Kier alpha value is -2.08. The monoisotopic (exact) mass is 401 g/mol. The lowest BCUT2D eigenvalue weighted by molar-refractivity contribution is -0.123. The van der Waals surface area contributed by atoms with Gasteiger partial charge in [0.15, 0.2) is 6.61 Å². The van der Waals surface area contributed by atoms with E-state index < -0.39 is 0 Å². The number of amides is 1. The summed E-state index contributed by atoms with van der Waals surface area (Å²) in [6, 6.07) is 13.8. The molecule has 5 nitrogen and oxygen atoms in total. The van der Waals surface area contributed by atoms with Crippen molar-refractivity contribution in [2.24, 2.45) is 0 Å². The van der Waals surface area contributed by atoms with Gasteiger partial charge in [0.05, 0.1) is 0 Å². The maximum atomic E-state index is 12.0. The van der Waals surface area contributed by atoms with E-state index in [-0.39, 0.29) is 12.5 Å². The number of piperazine rings is 1. The van der Waals surface area contributed by atoms with Crippen molar-refractivity contribution in [1.82, 2.24) is 15.1 Å². The van der Waals surface area contributed by atoms with Gasteiger partial charge in [0.25, 0.3) is 5.91 Å². The van der Waals surface area contributed by atoms with Gasteiger partial charge in [0, 0.05) is 44.3 Å². The Balaban J connectivity index is 1.40. The van der Waals surface area contributed by atoms with Crippen molar-refractivity contribution in [3.63, 3.8) is 0 Å². The van der Waals surface area contributed by atoms with Crippen LogP contribution in [0.1, 0.15) is 16.7 Å². The third-order valence-electron chi connectivity index (χ3n) is 5.01. The number of nitrogens with zero attached hydrogens (tertiary/aromatic N) is 2. The number of hydrogen-bond acceptors (Lipinski definition) is 4. The van der Waals surface area contributed by atoms with Crippen LogP contribution in [0.5, 0.6) is 5.75 Å². The summed E-state index contributed by atoms with van der Waals surface area (Å²) in [5, 5.41) is 3.58. The summed E-state index contributed by atoms with van der Waals surface area (Å²) < 4.78 is 5.52. The molecule has 1 aliphatic rings. The first-order chi connectivity index (χ1) is 13.5. The largest absolute Gasteiger partial charge is 0.484 e. The smallest absolute Gasteiger partial charge is 0.258 e. The topological polar surface area (TPSA) is 44.8 Å². The lowest BCUT2D eigenvalue weighted by atomic mass is 10.1. The van der Waals surface area contributed by atoms with Crippen molar-refractivity contribution in [2.45, 2.75) is 20.0 Å². The standard InChI is InChI=1S/C22H28ClN3O2/c1-17-13-20(7-8-21(17)23)28-16-22(27)24-14-18-3-5-19(6-4-18)15-26-11-9-25(2)10-12-26/h3-8,13H,9-12,14-16H2,1-2H3,(H,24,27). The van der Waals surface area contributed by atoms with Crippen molar-refractivity contribution in [3.8, 4) is 5.75 Å². The maximum absolute atomic E-state index is 12.0. The van der Waals surface area contributed by atoms with Crippen LogP contribution in [-0.4, -0.2) is 55.5 Å². The molecule has 1 heterocycles. The number of aryl methyl sites for hydroxylation is 1. The molecule has 0 unspecified atom stereocenters. The summed E-state index contributed by atoms with van der Waals surface area (Å²) in [5.41, 5.74) is 3.31. The van der Waals surface area contributed by atoms with Gasteiger partial charge in [-0.05, 0) is 48.9 Å². The molecule has 0 saturated carbocycles. The van der Waals surface area contributed by atoms with E-state index in [1.807, 2.05) is 13.0 Å². The average Bonchev–Trinajstić information content (AvgIpc) is 2.70. The zero-order chi connectivity index (χ0) is 19.9. The molecule has 2 aromatic carbocycles. The molecule has 0 bridgehead atoms. The molecule has 0 aliphatic carbocycles. The predicted octanol–water partition coefficient (Wildman–Crippen LogP) is 3.09. The molecule has 2 aromatic rings. The zero-order valence-electron chi connectivity index (χ0n) is 16.6.